The summed E-state index contributed by atoms with van der Waals surface area (Å²) in [6, 6.07) is 7.76. The molecule has 0 amide bonds. The van der Waals surface area contributed by atoms with Crippen molar-refractivity contribution >= 4 is 23.3 Å². The van der Waals surface area contributed by atoms with E-state index >= 15 is 0 Å². The number of rotatable bonds is 7. The lowest BCUT2D eigenvalue weighted by atomic mass is 10.1. The maximum atomic E-state index is 12.7. The first kappa shape index (κ1) is 19.8. The second kappa shape index (κ2) is 7.76. The smallest absolute Gasteiger partial charge is 0.369 e. The van der Waals surface area contributed by atoms with Crippen molar-refractivity contribution in [1.29, 1.82) is 0 Å². The van der Waals surface area contributed by atoms with Crippen LogP contribution in [0.4, 0.5) is 0 Å². The number of nitrogens with zero attached hydrogens (tertiary/aromatic N) is 1. The highest BCUT2D eigenvalue weighted by molar-refractivity contribution is 7.90. The minimum Gasteiger partial charge on any atom is -0.371 e. The van der Waals surface area contributed by atoms with Crippen LogP contribution in [0.5, 0.6) is 0 Å². The Morgan fingerprint density at radius 2 is 1.60 bits per heavy atom. The molecular weight excluding hydrogens is 365 g/mol. The van der Waals surface area contributed by atoms with E-state index in [-0.39, 0.29) is 23.8 Å². The molecule has 25 heavy (non-hydrogen) atoms. The van der Waals surface area contributed by atoms with Crippen molar-refractivity contribution in [1.82, 2.24) is 0 Å². The molecular formula is C16H20NO6PS. The van der Waals surface area contributed by atoms with E-state index in [4.69, 9.17) is 9.05 Å². The molecule has 0 saturated heterocycles. The third kappa shape index (κ3) is 4.34. The molecule has 0 spiro atoms. The zero-order valence-corrected chi connectivity index (χ0v) is 15.6. The lowest BCUT2D eigenvalue weighted by Crippen LogP contribution is -2.28. The van der Waals surface area contributed by atoms with E-state index in [1.54, 1.807) is 32.0 Å². The minimum atomic E-state index is -3.88. The fraction of sp³-hybridized carbons (Fsp3) is 0.312. The summed E-state index contributed by atoms with van der Waals surface area (Å²) in [6.45, 7) is 3.43. The fourth-order valence-corrected chi connectivity index (χ4v) is 4.83. The van der Waals surface area contributed by atoms with Crippen molar-refractivity contribution in [3.05, 3.63) is 54.6 Å². The molecule has 1 aromatic carbocycles. The van der Waals surface area contributed by atoms with E-state index in [1.807, 2.05) is 0 Å². The van der Waals surface area contributed by atoms with E-state index in [0.29, 0.717) is 0 Å². The Hall–Kier alpha value is -1.57. The van der Waals surface area contributed by atoms with Gasteiger partial charge < -0.3 is 14.2 Å². The molecule has 9 heteroatoms. The van der Waals surface area contributed by atoms with Crippen LogP contribution in [0.3, 0.4) is 0 Å². The fourth-order valence-electron chi connectivity index (χ4n) is 2.14. The Labute approximate surface area is 147 Å². The van der Waals surface area contributed by atoms with Crippen molar-refractivity contribution in [2.75, 3.05) is 13.2 Å². The molecule has 1 aliphatic carbocycles. The zero-order valence-electron chi connectivity index (χ0n) is 13.9. The molecule has 1 aliphatic rings. The Morgan fingerprint density at radius 1 is 1.08 bits per heavy atom. The third-order valence-corrected chi connectivity index (χ3v) is 6.99. The summed E-state index contributed by atoms with van der Waals surface area (Å²) in [5.41, 5.74) is 0.0908. The molecule has 0 aliphatic heterocycles. The van der Waals surface area contributed by atoms with Crippen molar-refractivity contribution in [3.63, 3.8) is 0 Å². The van der Waals surface area contributed by atoms with E-state index < -0.39 is 23.0 Å². The Bertz CT molecular complexity index is 819. The number of aliphatic hydroxyl groups is 1. The van der Waals surface area contributed by atoms with Gasteiger partial charge in [-0.2, -0.15) is 12.8 Å². The minimum absolute atomic E-state index is 0.0550. The summed E-state index contributed by atoms with van der Waals surface area (Å²) in [7, 11) is -7.75. The largest absolute Gasteiger partial charge is 0.371 e. The molecule has 7 nitrogen and oxygen atoms in total. The van der Waals surface area contributed by atoms with Crippen molar-refractivity contribution < 1.29 is 27.1 Å². The average Bonchev–Trinajstić information content (AvgIpc) is 2.58. The second-order valence-electron chi connectivity index (χ2n) is 5.09. The molecule has 0 fully saturated rings. The summed E-state index contributed by atoms with van der Waals surface area (Å²) < 4.78 is 51.2. The topological polar surface area (TPSA) is 102 Å². The first-order chi connectivity index (χ1) is 11.8. The zero-order chi connectivity index (χ0) is 18.6. The van der Waals surface area contributed by atoms with Crippen LogP contribution in [0.1, 0.15) is 13.8 Å². The number of hydrogen-bond donors (Lipinski definition) is 1. The number of hydrogen-bond acceptors (Lipinski definition) is 6. The summed E-state index contributed by atoms with van der Waals surface area (Å²) in [4.78, 5) is 0.0550. The van der Waals surface area contributed by atoms with Gasteiger partial charge in [0.2, 0.25) is 5.34 Å². The number of benzene rings is 1. The van der Waals surface area contributed by atoms with Crippen LogP contribution in [0.15, 0.2) is 63.9 Å². The number of allylic oxidation sites excluding steroid dienone is 2. The van der Waals surface area contributed by atoms with Crippen molar-refractivity contribution in [2.24, 2.45) is 4.40 Å². The molecule has 0 unspecified atom stereocenters. The average molecular weight is 385 g/mol. The van der Waals surface area contributed by atoms with Crippen molar-refractivity contribution in [2.45, 2.75) is 24.1 Å². The van der Waals surface area contributed by atoms with E-state index in [0.717, 1.165) is 0 Å². The van der Waals surface area contributed by atoms with Crippen LogP contribution < -0.4 is 0 Å². The van der Waals surface area contributed by atoms with Gasteiger partial charge in [0.05, 0.1) is 23.8 Å². The Balaban J connectivity index is 2.31. The van der Waals surface area contributed by atoms with Crippen LogP contribution in [0.25, 0.3) is 0 Å². The van der Waals surface area contributed by atoms with Crippen molar-refractivity contribution in [3.8, 4) is 0 Å². The van der Waals surface area contributed by atoms with Crippen LogP contribution >= 0.6 is 7.60 Å². The second-order valence-corrected chi connectivity index (χ2v) is 8.92. The molecule has 2 rings (SSSR count). The van der Waals surface area contributed by atoms with Crippen LogP contribution in [0, 0.1) is 0 Å². The molecule has 1 aromatic rings. The first-order valence-corrected chi connectivity index (χ1v) is 10.6. The molecule has 0 saturated carbocycles. The van der Waals surface area contributed by atoms with Gasteiger partial charge in [-0.25, -0.2) is 0 Å². The highest BCUT2D eigenvalue weighted by atomic mass is 32.2. The monoisotopic (exact) mass is 385 g/mol. The van der Waals surface area contributed by atoms with Gasteiger partial charge in [-0.05, 0) is 50.3 Å². The predicted octanol–water partition coefficient (Wildman–Crippen LogP) is 2.90. The molecule has 0 aromatic heterocycles. The summed E-state index contributed by atoms with van der Waals surface area (Å²) in [5.74, 6) is 0. The molecule has 0 bridgehead atoms. The summed E-state index contributed by atoms with van der Waals surface area (Å²) in [5, 5.41) is 8.62. The lowest BCUT2D eigenvalue weighted by Gasteiger charge is -2.30. The van der Waals surface area contributed by atoms with Crippen LogP contribution in [0.2, 0.25) is 0 Å². The Morgan fingerprint density at radius 3 is 2.08 bits per heavy atom. The van der Waals surface area contributed by atoms with E-state index in [9.17, 15) is 18.1 Å². The SMILES string of the molecule is CCOP(=O)(OCC)C1(O)C=CC(=NS(=O)(=O)c2ccccc2)C=C1. The van der Waals surface area contributed by atoms with Gasteiger partial charge in [0, 0.05) is 0 Å². The maximum absolute atomic E-state index is 12.7. The van der Waals surface area contributed by atoms with E-state index in [2.05, 4.69) is 4.40 Å². The molecule has 1 N–H and O–H groups in total. The maximum Gasteiger partial charge on any atom is 0.369 e. The lowest BCUT2D eigenvalue weighted by molar-refractivity contribution is 0.132. The summed E-state index contributed by atoms with van der Waals surface area (Å²) >= 11 is 0. The quantitative estimate of drug-likeness (QED) is 0.724. The summed E-state index contributed by atoms with van der Waals surface area (Å²) in [6.07, 6.45) is 4.87. The standard InChI is InChI=1S/C16H20NO6PS/c1-3-22-24(19,23-4-2)16(18)12-10-14(11-13-16)17-25(20,21)15-8-6-5-7-9-15/h5-13,18H,3-4H2,1-2H3. The highest BCUT2D eigenvalue weighted by Crippen LogP contribution is 2.60. The van der Waals surface area contributed by atoms with Gasteiger partial charge in [0.1, 0.15) is 0 Å². The van der Waals surface area contributed by atoms with E-state index in [1.165, 1.54) is 36.4 Å². The van der Waals surface area contributed by atoms with Gasteiger partial charge in [-0.15, -0.1) is 0 Å². The molecule has 136 valence electrons. The van der Waals surface area contributed by atoms with Gasteiger partial charge in [0.25, 0.3) is 10.0 Å². The molecule has 0 radical (unpaired) electrons. The van der Waals surface area contributed by atoms with Gasteiger partial charge >= 0.3 is 7.60 Å². The normalized spacial score (nSPS) is 20.7. The van der Waals surface area contributed by atoms with Crippen LogP contribution in [-0.2, 0) is 23.6 Å². The Kier molecular flexibility index (Phi) is 6.13. The first-order valence-electron chi connectivity index (χ1n) is 7.66. The van der Waals surface area contributed by atoms with Crippen LogP contribution in [-0.4, -0.2) is 37.8 Å². The highest BCUT2D eigenvalue weighted by Gasteiger charge is 2.47. The van der Waals surface area contributed by atoms with Gasteiger partial charge in [0.15, 0.2) is 0 Å². The van der Waals surface area contributed by atoms with Gasteiger partial charge in [-0.3, -0.25) is 4.57 Å². The third-order valence-electron chi connectivity index (χ3n) is 3.30. The van der Waals surface area contributed by atoms with Gasteiger partial charge in [-0.1, -0.05) is 18.2 Å². The molecule has 0 heterocycles. The molecule has 0 atom stereocenters. The number of sulfonamides is 1. The predicted molar refractivity (Wildman–Crippen MR) is 95.2 cm³/mol.